The molecule has 110 valence electrons. The molecule has 3 rings (SSSR count). The van der Waals surface area contributed by atoms with Crippen LogP contribution < -0.4 is 5.32 Å². The van der Waals surface area contributed by atoms with E-state index >= 15 is 0 Å². The zero-order valence-electron chi connectivity index (χ0n) is 12.2. The predicted molar refractivity (Wildman–Crippen MR) is 85.6 cm³/mol. The van der Waals surface area contributed by atoms with Crippen LogP contribution in [0.25, 0.3) is 0 Å². The molecule has 0 radical (unpaired) electrons. The van der Waals surface area contributed by atoms with E-state index in [1.54, 1.807) is 0 Å². The Morgan fingerprint density at radius 3 is 2.90 bits per heavy atom. The fraction of sp³-hybridized carbons (Fsp3) is 0.688. The Kier molecular flexibility index (Phi) is 4.43. The van der Waals surface area contributed by atoms with E-state index in [0.717, 1.165) is 17.6 Å². The van der Waals surface area contributed by atoms with Crippen LogP contribution in [0.3, 0.4) is 0 Å². The highest BCUT2D eigenvalue weighted by Crippen LogP contribution is 2.38. The van der Waals surface area contributed by atoms with Crippen molar-refractivity contribution >= 4 is 15.9 Å². The summed E-state index contributed by atoms with van der Waals surface area (Å²) in [5.41, 5.74) is 1.72. The van der Waals surface area contributed by atoms with Crippen molar-refractivity contribution in [2.45, 2.75) is 57.2 Å². The fourth-order valence-electron chi connectivity index (χ4n) is 3.76. The van der Waals surface area contributed by atoms with Crippen molar-refractivity contribution < 1.29 is 0 Å². The normalized spacial score (nSPS) is 26.2. The third kappa shape index (κ3) is 2.92. The molecule has 20 heavy (non-hydrogen) atoms. The Morgan fingerprint density at radius 1 is 1.40 bits per heavy atom. The summed E-state index contributed by atoms with van der Waals surface area (Å²) in [6.07, 6.45) is 10.5. The van der Waals surface area contributed by atoms with Gasteiger partial charge in [0.25, 0.3) is 0 Å². The lowest BCUT2D eigenvalue weighted by molar-refractivity contribution is 0.0348. The van der Waals surface area contributed by atoms with Gasteiger partial charge in [-0.15, -0.1) is 0 Å². The lowest BCUT2D eigenvalue weighted by atomic mass is 9.90. The first kappa shape index (κ1) is 14.5. The van der Waals surface area contributed by atoms with Crippen LogP contribution in [0.2, 0.25) is 0 Å². The number of piperazine rings is 1. The van der Waals surface area contributed by atoms with Crippen molar-refractivity contribution in [1.82, 2.24) is 15.2 Å². The molecule has 0 aromatic carbocycles. The summed E-state index contributed by atoms with van der Waals surface area (Å²) in [5, 5.41) is 3.76. The highest BCUT2D eigenvalue weighted by Gasteiger charge is 2.42. The maximum Gasteiger partial charge on any atom is 0.0410 e. The van der Waals surface area contributed by atoms with Gasteiger partial charge in [-0.05, 0) is 46.8 Å². The average molecular weight is 338 g/mol. The van der Waals surface area contributed by atoms with Crippen LogP contribution in [-0.2, 0) is 6.54 Å². The molecule has 4 heteroatoms. The molecule has 1 unspecified atom stereocenters. The predicted octanol–water partition coefficient (Wildman–Crippen LogP) is 3.34. The molecule has 0 bridgehead atoms. The van der Waals surface area contributed by atoms with Gasteiger partial charge in [0, 0.05) is 48.1 Å². The molecule has 3 nitrogen and oxygen atoms in total. The average Bonchev–Trinajstić information content (AvgIpc) is 2.91. The van der Waals surface area contributed by atoms with Crippen LogP contribution in [0.5, 0.6) is 0 Å². The Bertz CT molecular complexity index is 457. The number of aromatic nitrogens is 1. The van der Waals surface area contributed by atoms with Crippen molar-refractivity contribution in [3.05, 3.63) is 28.5 Å². The van der Waals surface area contributed by atoms with Crippen molar-refractivity contribution in [2.75, 3.05) is 13.1 Å². The second-order valence-electron chi connectivity index (χ2n) is 6.31. The van der Waals surface area contributed by atoms with E-state index in [1.807, 2.05) is 12.4 Å². The van der Waals surface area contributed by atoms with Gasteiger partial charge in [0.1, 0.15) is 0 Å². The number of nitrogens with one attached hydrogen (secondary N) is 1. The Balaban J connectivity index is 1.79. The fourth-order valence-corrected chi connectivity index (χ4v) is 4.18. The van der Waals surface area contributed by atoms with Crippen LogP contribution in [0, 0.1) is 0 Å². The summed E-state index contributed by atoms with van der Waals surface area (Å²) in [6.45, 7) is 5.64. The molecule has 1 saturated heterocycles. The minimum atomic E-state index is 0.397. The molecule has 0 amide bonds. The van der Waals surface area contributed by atoms with E-state index in [9.17, 15) is 0 Å². The lowest BCUT2D eigenvalue weighted by Crippen LogP contribution is -2.62. The van der Waals surface area contributed by atoms with Crippen molar-refractivity contribution in [2.24, 2.45) is 0 Å². The number of rotatable bonds is 3. The van der Waals surface area contributed by atoms with Gasteiger partial charge >= 0.3 is 0 Å². The summed E-state index contributed by atoms with van der Waals surface area (Å²) in [6, 6.07) is 2.85. The van der Waals surface area contributed by atoms with Crippen LogP contribution in [0.4, 0.5) is 0 Å². The van der Waals surface area contributed by atoms with Gasteiger partial charge in [0.15, 0.2) is 0 Å². The molecule has 1 aliphatic heterocycles. The molecule has 1 aromatic heterocycles. The molecule has 2 fully saturated rings. The van der Waals surface area contributed by atoms with Gasteiger partial charge in [-0.25, -0.2) is 0 Å². The summed E-state index contributed by atoms with van der Waals surface area (Å²) < 4.78 is 1.08. The molecule has 1 spiro atoms. The Morgan fingerprint density at radius 2 is 2.20 bits per heavy atom. The number of halogens is 1. The summed E-state index contributed by atoms with van der Waals surface area (Å²) in [7, 11) is 0. The largest absolute Gasteiger partial charge is 0.311 e. The van der Waals surface area contributed by atoms with Gasteiger partial charge in [-0.2, -0.15) is 0 Å². The standard InChI is InChI=1S/C16H24BrN3/c1-2-15-11-20(10-13-7-14(17)9-18-8-13)16(12-19-15)5-3-4-6-16/h7-9,15,19H,2-6,10-12H2,1H3. The molecule has 1 aliphatic carbocycles. The number of hydrogen-bond acceptors (Lipinski definition) is 3. The molecule has 1 aromatic rings. The van der Waals surface area contributed by atoms with E-state index in [2.05, 4.69) is 44.1 Å². The number of hydrogen-bond donors (Lipinski definition) is 1. The topological polar surface area (TPSA) is 28.2 Å². The van der Waals surface area contributed by atoms with Gasteiger partial charge in [-0.1, -0.05) is 19.8 Å². The molecule has 2 aliphatic rings. The minimum Gasteiger partial charge on any atom is -0.311 e. The van der Waals surface area contributed by atoms with Crippen molar-refractivity contribution in [1.29, 1.82) is 0 Å². The maximum absolute atomic E-state index is 4.31. The molecule has 1 saturated carbocycles. The van der Waals surface area contributed by atoms with E-state index < -0.39 is 0 Å². The monoisotopic (exact) mass is 337 g/mol. The second kappa shape index (κ2) is 6.12. The van der Waals surface area contributed by atoms with E-state index in [4.69, 9.17) is 0 Å². The highest BCUT2D eigenvalue weighted by molar-refractivity contribution is 9.10. The van der Waals surface area contributed by atoms with Gasteiger partial charge < -0.3 is 5.32 Å². The SMILES string of the molecule is CCC1CN(Cc2cncc(Br)c2)C2(CCCC2)CN1. The van der Waals surface area contributed by atoms with Gasteiger partial charge in [0.2, 0.25) is 0 Å². The molecule has 1 atom stereocenters. The summed E-state index contributed by atoms with van der Waals surface area (Å²) in [4.78, 5) is 7.05. The minimum absolute atomic E-state index is 0.397. The van der Waals surface area contributed by atoms with E-state index in [-0.39, 0.29) is 0 Å². The zero-order valence-corrected chi connectivity index (χ0v) is 13.8. The van der Waals surface area contributed by atoms with Crippen molar-refractivity contribution in [3.8, 4) is 0 Å². The third-order valence-electron chi connectivity index (χ3n) is 4.99. The quantitative estimate of drug-likeness (QED) is 0.916. The molecular formula is C16H24BrN3. The van der Waals surface area contributed by atoms with Crippen LogP contribution in [0.1, 0.15) is 44.6 Å². The van der Waals surface area contributed by atoms with Crippen molar-refractivity contribution in [3.63, 3.8) is 0 Å². The second-order valence-corrected chi connectivity index (χ2v) is 7.23. The molecular weight excluding hydrogens is 314 g/mol. The smallest absolute Gasteiger partial charge is 0.0410 e. The maximum atomic E-state index is 4.31. The molecule has 2 heterocycles. The number of nitrogens with zero attached hydrogens (tertiary/aromatic N) is 2. The number of pyridine rings is 1. The first-order chi connectivity index (χ1) is 9.72. The van der Waals surface area contributed by atoms with Crippen LogP contribution >= 0.6 is 15.9 Å². The Hall–Kier alpha value is -0.450. The first-order valence-corrected chi connectivity index (χ1v) is 8.59. The third-order valence-corrected chi connectivity index (χ3v) is 5.43. The summed E-state index contributed by atoms with van der Waals surface area (Å²) >= 11 is 3.53. The van der Waals surface area contributed by atoms with E-state index in [1.165, 1.54) is 44.2 Å². The highest BCUT2D eigenvalue weighted by atomic mass is 79.9. The van der Waals surface area contributed by atoms with Crippen LogP contribution in [0.15, 0.2) is 22.9 Å². The zero-order chi connectivity index (χ0) is 14.0. The van der Waals surface area contributed by atoms with E-state index in [0.29, 0.717) is 11.6 Å². The lowest BCUT2D eigenvalue weighted by Gasteiger charge is -2.48. The van der Waals surface area contributed by atoms with Gasteiger partial charge in [-0.3, -0.25) is 9.88 Å². The first-order valence-electron chi connectivity index (χ1n) is 7.80. The summed E-state index contributed by atoms with van der Waals surface area (Å²) in [5.74, 6) is 0. The molecule has 1 N–H and O–H groups in total. The Labute approximate surface area is 130 Å². The van der Waals surface area contributed by atoms with Gasteiger partial charge in [0.05, 0.1) is 0 Å². The van der Waals surface area contributed by atoms with Crippen LogP contribution in [-0.4, -0.2) is 34.6 Å².